The number of fused-ring (bicyclic) bond motifs is 6. The van der Waals surface area contributed by atoms with E-state index in [4.69, 9.17) is 42.1 Å². The van der Waals surface area contributed by atoms with Crippen molar-refractivity contribution in [3.05, 3.63) is 105 Å². The molecule has 1 unspecified atom stereocenters. The molecule has 16 heteroatoms. The van der Waals surface area contributed by atoms with Gasteiger partial charge in [0.2, 0.25) is 5.60 Å². The average Bonchev–Trinajstić information content (AvgIpc) is 4.01. The summed E-state index contributed by atoms with van der Waals surface area (Å²) in [5.74, 6) is -2.00. The number of nitrogens with one attached hydrogen (secondary N) is 2. The highest BCUT2D eigenvalue weighted by atomic mass is 35.5. The number of H-pyrrole nitrogens is 1. The van der Waals surface area contributed by atoms with Crippen LogP contribution in [0, 0.1) is 11.3 Å². The fourth-order valence-electron chi connectivity index (χ4n) is 14.7. The van der Waals surface area contributed by atoms with Crippen LogP contribution in [0.3, 0.4) is 0 Å². The Morgan fingerprint density at radius 1 is 0.913 bits per heavy atom. The van der Waals surface area contributed by atoms with Crippen molar-refractivity contribution in [3.8, 4) is 5.75 Å². The number of ether oxygens (including phenoxy) is 4. The van der Waals surface area contributed by atoms with Crippen LogP contribution in [0.15, 0.2) is 66.7 Å². The number of carbonyl (C=O) groups is 4. The Morgan fingerprint density at radius 2 is 1.68 bits per heavy atom. The van der Waals surface area contributed by atoms with E-state index in [1.54, 1.807) is 25.3 Å². The molecule has 3 aromatic carbocycles. The number of hydrogen-bond donors (Lipinski definition) is 3. The van der Waals surface area contributed by atoms with E-state index >= 15 is 4.79 Å². The van der Waals surface area contributed by atoms with Gasteiger partial charge in [0.15, 0.2) is 6.10 Å². The SMILES string of the molecule is CC[C@]1(NC(=O)c2ccc(Cl)c(Cl)c2)C[C@H]2CN(CCc3c([nH]c4ccccc34)[C@@](C(=O)OC)(c3cc4c(cc3OC)N(C)[C@H]3[C@@](O)(C(=O)OC)[C@H](OC(C)=O)[C@]5(CC)C=CCN6CC[C@]43[C@@H]65)C2)C1. The van der Waals surface area contributed by atoms with Gasteiger partial charge in [-0.25, -0.2) is 4.79 Å². The molecule has 6 heterocycles. The van der Waals surface area contributed by atoms with Gasteiger partial charge in [0, 0.05) is 96.5 Å². The number of amides is 1. The molecule has 2 saturated heterocycles. The van der Waals surface area contributed by atoms with Gasteiger partial charge in [0.05, 0.1) is 43.0 Å². The number of piperidine rings is 1. The molecule has 10 atom stereocenters. The largest absolute Gasteiger partial charge is 0.496 e. The minimum absolute atomic E-state index is 0.169. The molecule has 4 aromatic rings. The molecule has 0 radical (unpaired) electrons. The molecular weight excluding hydrogens is 922 g/mol. The summed E-state index contributed by atoms with van der Waals surface area (Å²) < 4.78 is 24.2. The number of aromatic nitrogens is 1. The van der Waals surface area contributed by atoms with E-state index in [-0.39, 0.29) is 24.3 Å². The highest BCUT2D eigenvalue weighted by Gasteiger charge is 2.80. The fourth-order valence-corrected chi connectivity index (χ4v) is 15.0. The number of aliphatic hydroxyl groups is 1. The molecule has 10 rings (SSSR count). The van der Waals surface area contributed by atoms with Crippen LogP contribution in [0.25, 0.3) is 10.9 Å². The third kappa shape index (κ3) is 6.67. The normalized spacial score (nSPS) is 33.2. The predicted octanol–water partition coefficient (Wildman–Crippen LogP) is 6.74. The van der Waals surface area contributed by atoms with E-state index in [1.165, 1.54) is 21.1 Å². The van der Waals surface area contributed by atoms with Crippen molar-refractivity contribution in [2.24, 2.45) is 11.3 Å². The van der Waals surface area contributed by atoms with Crippen molar-refractivity contribution in [2.75, 3.05) is 66.0 Å². The van der Waals surface area contributed by atoms with Crippen molar-refractivity contribution in [1.29, 1.82) is 0 Å². The van der Waals surface area contributed by atoms with Crippen molar-refractivity contribution in [1.82, 2.24) is 20.1 Å². The zero-order valence-corrected chi connectivity index (χ0v) is 41.8. The Labute approximate surface area is 412 Å². The van der Waals surface area contributed by atoms with Gasteiger partial charge >= 0.3 is 17.9 Å². The Kier molecular flexibility index (Phi) is 11.7. The molecule has 1 aliphatic carbocycles. The van der Waals surface area contributed by atoms with Crippen molar-refractivity contribution in [2.45, 2.75) is 99.5 Å². The Morgan fingerprint density at radius 3 is 2.38 bits per heavy atom. The maximum absolute atomic E-state index is 15.7. The van der Waals surface area contributed by atoms with Crippen LogP contribution in [0.4, 0.5) is 5.69 Å². The number of carbonyl (C=O) groups excluding carboxylic acids is 4. The first-order valence-electron chi connectivity index (χ1n) is 24.1. The molecule has 69 heavy (non-hydrogen) atoms. The van der Waals surface area contributed by atoms with E-state index in [2.05, 4.69) is 39.2 Å². The van der Waals surface area contributed by atoms with Gasteiger partial charge < -0.3 is 44.2 Å². The Bertz CT molecular complexity index is 2820. The molecule has 1 saturated carbocycles. The number of likely N-dealkylation sites (N-methyl/N-ethyl adjacent to an activating group) is 1. The molecule has 14 nitrogen and oxygen atoms in total. The summed E-state index contributed by atoms with van der Waals surface area (Å²) in [4.78, 5) is 68.1. The van der Waals surface area contributed by atoms with Crippen LogP contribution < -0.4 is 15.0 Å². The van der Waals surface area contributed by atoms with Crippen LogP contribution in [0.1, 0.15) is 85.6 Å². The van der Waals surface area contributed by atoms with Gasteiger partial charge in [0.1, 0.15) is 11.2 Å². The third-order valence-corrected chi connectivity index (χ3v) is 17.9. The lowest BCUT2D eigenvalue weighted by Crippen LogP contribution is -2.81. The van der Waals surface area contributed by atoms with E-state index in [0.717, 1.165) is 22.0 Å². The quantitative estimate of drug-likeness (QED) is 0.0923. The second-order valence-electron chi connectivity index (χ2n) is 20.3. The minimum Gasteiger partial charge on any atom is -0.496 e. The van der Waals surface area contributed by atoms with Crippen LogP contribution in [0.5, 0.6) is 5.75 Å². The highest BCUT2D eigenvalue weighted by molar-refractivity contribution is 6.42. The number of anilines is 1. The lowest BCUT2D eigenvalue weighted by atomic mass is 9.47. The van der Waals surface area contributed by atoms with E-state index in [1.807, 2.05) is 55.3 Å². The number of halogens is 2. The first-order chi connectivity index (χ1) is 33.0. The average molecular weight is 983 g/mol. The van der Waals surface area contributed by atoms with Crippen molar-refractivity contribution < 1.29 is 43.2 Å². The van der Waals surface area contributed by atoms with Crippen LogP contribution in [0.2, 0.25) is 10.0 Å². The summed E-state index contributed by atoms with van der Waals surface area (Å²) >= 11 is 12.7. The van der Waals surface area contributed by atoms with Crippen molar-refractivity contribution in [3.63, 3.8) is 0 Å². The second kappa shape index (κ2) is 17.0. The molecule has 3 N–H and O–H groups in total. The van der Waals surface area contributed by atoms with Gasteiger partial charge in [0.25, 0.3) is 5.91 Å². The van der Waals surface area contributed by atoms with Gasteiger partial charge in [-0.3, -0.25) is 19.3 Å². The number of benzene rings is 3. The molecule has 1 amide bonds. The topological polar surface area (TPSA) is 163 Å². The zero-order valence-electron chi connectivity index (χ0n) is 40.2. The molecular formula is C53H61Cl2N5O9. The van der Waals surface area contributed by atoms with Gasteiger partial charge in [-0.05, 0) is 92.4 Å². The zero-order chi connectivity index (χ0) is 49.0. The predicted molar refractivity (Wildman–Crippen MR) is 262 cm³/mol. The summed E-state index contributed by atoms with van der Waals surface area (Å²) in [6, 6.07) is 15.7. The third-order valence-electron chi connectivity index (χ3n) is 17.2. The Balaban J connectivity index is 1.21. The van der Waals surface area contributed by atoms with E-state index in [0.29, 0.717) is 103 Å². The van der Waals surface area contributed by atoms with Gasteiger partial charge in [-0.2, -0.15) is 0 Å². The molecule has 6 aliphatic rings. The lowest BCUT2D eigenvalue weighted by molar-refractivity contribution is -0.228. The van der Waals surface area contributed by atoms with Crippen LogP contribution in [-0.2, 0) is 45.8 Å². The molecule has 5 aliphatic heterocycles. The summed E-state index contributed by atoms with van der Waals surface area (Å²) in [5.41, 5.74) is -1.40. The number of rotatable bonds is 9. The number of aromatic amines is 1. The number of hydrogen-bond acceptors (Lipinski definition) is 12. The summed E-state index contributed by atoms with van der Waals surface area (Å²) in [5, 5.41) is 18.6. The standard InChI is InChI=1S/C53H61Cl2N5O9/c1-8-49(57-43(62)32-15-16-37(54)38(55)23-32)26-31-27-52(47(63)67-6,42-34(17-21-59(28-31)29-49)33-13-10-11-14-39(33)56-42)36-24-35-40(25-41(36)66-5)58(4)45-51(35)19-22-60-20-12-18-50(9-2,44(51)60)46(69-30(3)61)53(45,65)48(64)68-7/h10-16,18,23-25,31,44-46,56,65H,8-9,17,19-22,26-29H2,1-7H3,(H,57,62)/t31-,44+,45-,46-,49+,50-,51-,52+,53+/m1/s1. The van der Waals surface area contributed by atoms with Gasteiger partial charge in [-0.1, -0.05) is 67.4 Å². The minimum atomic E-state index is -2.34. The van der Waals surface area contributed by atoms with E-state index < -0.39 is 57.4 Å². The number of para-hydroxylation sites is 1. The number of methoxy groups -OCH3 is 3. The smallest absolute Gasteiger partial charge is 0.344 e. The monoisotopic (exact) mass is 981 g/mol. The maximum atomic E-state index is 15.7. The molecule has 366 valence electrons. The second-order valence-corrected chi connectivity index (χ2v) is 21.2. The lowest BCUT2D eigenvalue weighted by Gasteiger charge is -2.63. The molecule has 3 fully saturated rings. The number of esters is 3. The Hall–Kier alpha value is -5.12. The van der Waals surface area contributed by atoms with Gasteiger partial charge in [-0.15, -0.1) is 0 Å². The van der Waals surface area contributed by atoms with Crippen LogP contribution >= 0.6 is 23.2 Å². The summed E-state index contributed by atoms with van der Waals surface area (Å²) in [7, 11) is 6.12. The highest BCUT2D eigenvalue weighted by Crippen LogP contribution is 2.68. The fraction of sp³-hybridized carbons (Fsp3) is 0.509. The van der Waals surface area contributed by atoms with Crippen molar-refractivity contribution >= 4 is 63.6 Å². The first-order valence-corrected chi connectivity index (χ1v) is 24.8. The maximum Gasteiger partial charge on any atom is 0.344 e. The molecule has 2 bridgehead atoms. The van der Waals surface area contributed by atoms with Crippen LogP contribution in [-0.4, -0.2) is 134 Å². The number of nitrogens with zero attached hydrogens (tertiary/aromatic N) is 3. The summed E-state index contributed by atoms with van der Waals surface area (Å²) in [6.45, 7) is 8.54. The molecule has 1 aromatic heterocycles. The summed E-state index contributed by atoms with van der Waals surface area (Å²) in [6.07, 6.45) is 5.79. The first kappa shape index (κ1) is 47.6. The van der Waals surface area contributed by atoms with E-state index in [9.17, 15) is 19.5 Å². The molecule has 1 spiro atoms.